The molecule has 1 aromatic carbocycles. The van der Waals surface area contributed by atoms with Crippen molar-refractivity contribution in [3.8, 4) is 0 Å². The molecule has 26 heavy (non-hydrogen) atoms. The van der Waals surface area contributed by atoms with Crippen molar-refractivity contribution in [2.45, 2.75) is 51.7 Å². The van der Waals surface area contributed by atoms with Crippen LogP contribution in [0.4, 0.5) is 0 Å². The van der Waals surface area contributed by atoms with Crippen LogP contribution in [-0.2, 0) is 27.7 Å². The molecule has 3 rings (SSSR count). The van der Waals surface area contributed by atoms with E-state index in [4.69, 9.17) is 0 Å². The number of hydrogen-bond acceptors (Lipinski definition) is 4. The Kier molecular flexibility index (Phi) is 4.96. The molecule has 1 fully saturated rings. The lowest BCUT2D eigenvalue weighted by atomic mass is 10.0. The highest BCUT2D eigenvalue weighted by Gasteiger charge is 2.39. The quantitative estimate of drug-likeness (QED) is 0.819. The Morgan fingerprint density at radius 2 is 1.81 bits per heavy atom. The van der Waals surface area contributed by atoms with Crippen LogP contribution < -0.4 is 11.0 Å². The summed E-state index contributed by atoms with van der Waals surface area (Å²) >= 11 is 0. The van der Waals surface area contributed by atoms with Crippen molar-refractivity contribution >= 4 is 26.8 Å². The van der Waals surface area contributed by atoms with Crippen molar-refractivity contribution in [2.24, 2.45) is 0 Å². The average molecular weight is 379 g/mol. The van der Waals surface area contributed by atoms with Crippen molar-refractivity contribution in [1.82, 2.24) is 14.5 Å². The molecule has 2 aromatic rings. The van der Waals surface area contributed by atoms with Gasteiger partial charge in [-0.25, -0.2) is 13.2 Å². The second-order valence-corrected chi connectivity index (χ2v) is 9.46. The average Bonchev–Trinajstić information content (AvgIpc) is 3.00. The van der Waals surface area contributed by atoms with Gasteiger partial charge in [0, 0.05) is 19.5 Å². The van der Waals surface area contributed by atoms with E-state index in [-0.39, 0.29) is 36.1 Å². The second-order valence-electron chi connectivity index (χ2n) is 7.28. The number of para-hydroxylation sites is 2. The van der Waals surface area contributed by atoms with Gasteiger partial charge in [-0.15, -0.1) is 0 Å². The molecule has 0 radical (unpaired) electrons. The molecule has 7 nitrogen and oxygen atoms in total. The zero-order valence-electron chi connectivity index (χ0n) is 15.2. The minimum absolute atomic E-state index is 0.0263. The number of carbonyl (C=O) groups is 1. The van der Waals surface area contributed by atoms with Gasteiger partial charge in [0.1, 0.15) is 0 Å². The number of rotatable bonds is 6. The van der Waals surface area contributed by atoms with Gasteiger partial charge in [0.15, 0.2) is 9.84 Å². The van der Waals surface area contributed by atoms with Gasteiger partial charge in [0.05, 0.1) is 28.1 Å². The molecule has 142 valence electrons. The molecular formula is C18H25N3O4S. The largest absolute Gasteiger partial charge is 0.350 e. The molecule has 8 heteroatoms. The molecule has 1 unspecified atom stereocenters. The zero-order valence-corrected chi connectivity index (χ0v) is 16.0. The van der Waals surface area contributed by atoms with Gasteiger partial charge >= 0.3 is 5.69 Å². The summed E-state index contributed by atoms with van der Waals surface area (Å²) in [6.45, 7) is 4.68. The summed E-state index contributed by atoms with van der Waals surface area (Å²) < 4.78 is 26.7. The van der Waals surface area contributed by atoms with Crippen molar-refractivity contribution < 1.29 is 13.2 Å². The molecular weight excluding hydrogens is 354 g/mol. The summed E-state index contributed by atoms with van der Waals surface area (Å²) in [5.74, 6) is -0.154. The van der Waals surface area contributed by atoms with Crippen LogP contribution in [0.2, 0.25) is 0 Å². The monoisotopic (exact) mass is 379 g/mol. The summed E-state index contributed by atoms with van der Waals surface area (Å²) in [4.78, 5) is 25.0. The number of sulfone groups is 1. The summed E-state index contributed by atoms with van der Waals surface area (Å²) in [6, 6.07) is 7.56. The van der Waals surface area contributed by atoms with Gasteiger partial charge in [-0.3, -0.25) is 13.9 Å². The molecule has 0 bridgehead atoms. The number of aromatic nitrogens is 2. The van der Waals surface area contributed by atoms with E-state index in [0.717, 1.165) is 17.5 Å². The Bertz CT molecular complexity index is 990. The molecule has 1 atom stereocenters. The summed E-state index contributed by atoms with van der Waals surface area (Å²) in [5, 5.41) is 2.84. The van der Waals surface area contributed by atoms with Gasteiger partial charge < -0.3 is 5.32 Å². The molecule has 0 saturated carbocycles. The minimum Gasteiger partial charge on any atom is -0.350 e. The van der Waals surface area contributed by atoms with Crippen molar-refractivity contribution in [3.63, 3.8) is 0 Å². The van der Waals surface area contributed by atoms with Crippen molar-refractivity contribution in [3.05, 3.63) is 34.7 Å². The molecule has 1 saturated heterocycles. The van der Waals surface area contributed by atoms with Crippen LogP contribution in [0.15, 0.2) is 29.1 Å². The van der Waals surface area contributed by atoms with Crippen LogP contribution in [0.3, 0.4) is 0 Å². The highest BCUT2D eigenvalue weighted by atomic mass is 32.2. The van der Waals surface area contributed by atoms with E-state index in [1.54, 1.807) is 16.1 Å². The van der Waals surface area contributed by atoms with Gasteiger partial charge in [-0.1, -0.05) is 19.1 Å². The van der Waals surface area contributed by atoms with E-state index in [2.05, 4.69) is 5.32 Å². The predicted octanol–water partition coefficient (Wildman–Crippen LogP) is 1.30. The third kappa shape index (κ3) is 3.70. The molecule has 1 amide bonds. The summed E-state index contributed by atoms with van der Waals surface area (Å²) in [7, 11) is -3.08. The highest BCUT2D eigenvalue weighted by molar-refractivity contribution is 7.91. The Hall–Kier alpha value is -2.09. The third-order valence-electron chi connectivity index (χ3n) is 4.88. The molecule has 1 aromatic heterocycles. The van der Waals surface area contributed by atoms with E-state index < -0.39 is 15.4 Å². The summed E-state index contributed by atoms with van der Waals surface area (Å²) in [6.07, 6.45) is 1.41. The molecule has 1 aliphatic rings. The van der Waals surface area contributed by atoms with E-state index in [9.17, 15) is 18.0 Å². The third-order valence-corrected chi connectivity index (χ3v) is 6.78. The number of aryl methyl sites for hydroxylation is 2. The van der Waals surface area contributed by atoms with Gasteiger partial charge in [0.2, 0.25) is 5.91 Å². The van der Waals surface area contributed by atoms with Crippen LogP contribution >= 0.6 is 0 Å². The topological polar surface area (TPSA) is 90.2 Å². The number of nitrogens with one attached hydrogen (secondary N) is 1. The standard InChI is InChI=1S/C18H25N3O4S/c1-3-10-20-14-6-4-5-7-15(14)21(17(20)23)11-8-16(22)19-18(2)9-12-26(24,25)13-18/h4-7H,3,8-13H2,1-2H3,(H,19,22). The number of benzene rings is 1. The number of hydrogen-bond donors (Lipinski definition) is 1. The summed E-state index contributed by atoms with van der Waals surface area (Å²) in [5.41, 5.74) is 0.856. The number of carbonyl (C=O) groups excluding carboxylic acids is 1. The predicted molar refractivity (Wildman–Crippen MR) is 101 cm³/mol. The molecule has 1 aliphatic heterocycles. The van der Waals surface area contributed by atoms with Gasteiger partial charge in [-0.2, -0.15) is 0 Å². The molecule has 0 aliphatic carbocycles. The Morgan fingerprint density at radius 1 is 1.19 bits per heavy atom. The van der Waals surface area contributed by atoms with Gasteiger partial charge in [0.25, 0.3) is 0 Å². The highest BCUT2D eigenvalue weighted by Crippen LogP contribution is 2.23. The number of nitrogens with zero attached hydrogens (tertiary/aromatic N) is 2. The fourth-order valence-corrected chi connectivity index (χ4v) is 5.74. The van der Waals surface area contributed by atoms with Crippen LogP contribution in [0.5, 0.6) is 0 Å². The second kappa shape index (κ2) is 6.90. The normalized spacial score (nSPS) is 21.9. The maximum absolute atomic E-state index is 12.7. The zero-order chi connectivity index (χ0) is 18.9. The first-order valence-electron chi connectivity index (χ1n) is 8.94. The van der Waals surface area contributed by atoms with Crippen molar-refractivity contribution in [2.75, 3.05) is 11.5 Å². The maximum Gasteiger partial charge on any atom is 0.329 e. The number of imidazole rings is 1. The fourth-order valence-electron chi connectivity index (χ4n) is 3.65. The van der Waals surface area contributed by atoms with Gasteiger partial charge in [-0.05, 0) is 31.9 Å². The first kappa shape index (κ1) is 18.7. The van der Waals surface area contributed by atoms with Crippen molar-refractivity contribution in [1.29, 1.82) is 0 Å². The lowest BCUT2D eigenvalue weighted by molar-refractivity contribution is -0.122. The SMILES string of the molecule is CCCn1c(=O)n(CCC(=O)NC2(C)CCS(=O)(=O)C2)c2ccccc21. The molecule has 0 spiro atoms. The first-order valence-corrected chi connectivity index (χ1v) is 10.8. The Balaban J connectivity index is 1.75. The maximum atomic E-state index is 12.7. The molecule has 2 heterocycles. The van der Waals surface area contributed by atoms with Crippen LogP contribution in [0.1, 0.15) is 33.1 Å². The number of fused-ring (bicyclic) bond motifs is 1. The lowest BCUT2D eigenvalue weighted by Crippen LogP contribution is -2.47. The molecule has 1 N–H and O–H groups in total. The fraction of sp³-hybridized carbons (Fsp3) is 0.556. The smallest absolute Gasteiger partial charge is 0.329 e. The Labute approximate surface area is 152 Å². The Morgan fingerprint density at radius 3 is 2.35 bits per heavy atom. The van der Waals surface area contributed by atoms with Crippen LogP contribution in [0.25, 0.3) is 11.0 Å². The van der Waals surface area contributed by atoms with Crippen LogP contribution in [-0.4, -0.2) is 40.5 Å². The van der Waals surface area contributed by atoms with E-state index in [1.807, 2.05) is 31.2 Å². The minimum atomic E-state index is -3.08. The van der Waals surface area contributed by atoms with Crippen LogP contribution in [0, 0.1) is 0 Å². The van der Waals surface area contributed by atoms with E-state index in [0.29, 0.717) is 13.0 Å². The first-order chi connectivity index (χ1) is 12.2. The lowest BCUT2D eigenvalue weighted by Gasteiger charge is -2.23. The number of amides is 1. The van der Waals surface area contributed by atoms with E-state index >= 15 is 0 Å². The van der Waals surface area contributed by atoms with E-state index in [1.165, 1.54) is 0 Å².